The van der Waals surface area contributed by atoms with E-state index in [1.54, 1.807) is 61.5 Å². The van der Waals surface area contributed by atoms with Gasteiger partial charge in [-0.05, 0) is 55.0 Å². The van der Waals surface area contributed by atoms with E-state index in [2.05, 4.69) is 10.6 Å². The molecule has 1 aliphatic heterocycles. The maximum atomic E-state index is 13.1. The SMILES string of the molecule is CCOc1cc(/C=C2/C(=O)NC(=O)N(c3ccccc3)C2=O)cc(Cl)c1OCC(=O)Nc1ccccc1OC. The van der Waals surface area contributed by atoms with Crippen molar-refractivity contribution in [3.63, 3.8) is 0 Å². The summed E-state index contributed by atoms with van der Waals surface area (Å²) in [5.41, 5.74) is 0.851. The van der Waals surface area contributed by atoms with Crippen molar-refractivity contribution in [2.45, 2.75) is 6.92 Å². The van der Waals surface area contributed by atoms with Crippen LogP contribution in [0.3, 0.4) is 0 Å². The van der Waals surface area contributed by atoms with E-state index in [0.717, 1.165) is 4.90 Å². The molecule has 0 bridgehead atoms. The van der Waals surface area contributed by atoms with Gasteiger partial charge in [0, 0.05) is 0 Å². The monoisotopic (exact) mass is 549 g/mol. The quantitative estimate of drug-likeness (QED) is 0.299. The Labute approximate surface area is 229 Å². The number of halogens is 1. The molecule has 0 aliphatic carbocycles. The number of urea groups is 1. The second-order valence-electron chi connectivity index (χ2n) is 8.09. The van der Waals surface area contributed by atoms with Crippen molar-refractivity contribution in [2.24, 2.45) is 0 Å². The highest BCUT2D eigenvalue weighted by molar-refractivity contribution is 6.39. The Morgan fingerprint density at radius 1 is 1.00 bits per heavy atom. The first-order chi connectivity index (χ1) is 18.8. The first-order valence-corrected chi connectivity index (χ1v) is 12.2. The summed E-state index contributed by atoms with van der Waals surface area (Å²) >= 11 is 6.46. The standard InChI is InChI=1S/C28H24ClN3O7/c1-3-38-23-15-17(13-19-26(34)31-28(36)32(27(19)35)18-9-5-4-6-10-18)14-20(29)25(23)39-16-24(33)30-21-11-7-8-12-22(21)37-2/h4-15H,3,16H2,1-2H3,(H,30,33)(H,31,34,36)/b19-13-. The number of nitrogens with zero attached hydrogens (tertiary/aromatic N) is 1. The summed E-state index contributed by atoms with van der Waals surface area (Å²) in [6.07, 6.45) is 1.30. The summed E-state index contributed by atoms with van der Waals surface area (Å²) in [5.74, 6) is -1.31. The maximum absolute atomic E-state index is 13.1. The number of imide groups is 2. The molecule has 3 aromatic carbocycles. The molecule has 200 valence electrons. The van der Waals surface area contributed by atoms with E-state index in [0.29, 0.717) is 22.7 Å². The predicted octanol–water partition coefficient (Wildman–Crippen LogP) is 4.43. The summed E-state index contributed by atoms with van der Waals surface area (Å²) < 4.78 is 16.6. The average molecular weight is 550 g/mol. The molecule has 0 radical (unpaired) electrons. The van der Waals surface area contributed by atoms with E-state index in [1.165, 1.54) is 25.3 Å². The lowest BCUT2D eigenvalue weighted by Gasteiger charge is -2.26. The van der Waals surface area contributed by atoms with Crippen LogP contribution in [0.5, 0.6) is 17.2 Å². The van der Waals surface area contributed by atoms with Gasteiger partial charge in [0.15, 0.2) is 18.1 Å². The molecule has 1 fully saturated rings. The molecule has 1 heterocycles. The topological polar surface area (TPSA) is 123 Å². The third kappa shape index (κ3) is 6.19. The number of anilines is 2. The second-order valence-corrected chi connectivity index (χ2v) is 8.50. The Hall–Kier alpha value is -4.83. The molecule has 2 N–H and O–H groups in total. The third-order valence-electron chi connectivity index (χ3n) is 5.49. The van der Waals surface area contributed by atoms with Crippen molar-refractivity contribution in [2.75, 3.05) is 30.5 Å². The van der Waals surface area contributed by atoms with Gasteiger partial charge in [0.05, 0.1) is 30.1 Å². The summed E-state index contributed by atoms with van der Waals surface area (Å²) in [6, 6.07) is 17.3. The molecule has 0 aromatic heterocycles. The number of nitrogens with one attached hydrogen (secondary N) is 2. The minimum atomic E-state index is -0.850. The van der Waals surface area contributed by atoms with Crippen LogP contribution in [-0.4, -0.2) is 44.1 Å². The molecule has 1 aliphatic rings. The molecular weight excluding hydrogens is 526 g/mol. The van der Waals surface area contributed by atoms with E-state index in [1.807, 2.05) is 0 Å². The molecule has 5 amide bonds. The van der Waals surface area contributed by atoms with Gasteiger partial charge in [-0.15, -0.1) is 0 Å². The minimum Gasteiger partial charge on any atom is -0.495 e. The fourth-order valence-corrected chi connectivity index (χ4v) is 4.06. The molecule has 4 rings (SSSR count). The zero-order valence-corrected chi connectivity index (χ0v) is 21.8. The largest absolute Gasteiger partial charge is 0.495 e. The van der Waals surface area contributed by atoms with Crippen LogP contribution >= 0.6 is 11.6 Å². The van der Waals surface area contributed by atoms with Crippen LogP contribution in [0.4, 0.5) is 16.2 Å². The van der Waals surface area contributed by atoms with Gasteiger partial charge in [-0.25, -0.2) is 9.69 Å². The maximum Gasteiger partial charge on any atom is 0.335 e. The number of methoxy groups -OCH3 is 1. The number of hydrogen-bond acceptors (Lipinski definition) is 7. The fraction of sp³-hybridized carbons (Fsp3) is 0.143. The first-order valence-electron chi connectivity index (χ1n) is 11.8. The Kier molecular flexibility index (Phi) is 8.47. The van der Waals surface area contributed by atoms with Gasteiger partial charge in [0.25, 0.3) is 17.7 Å². The minimum absolute atomic E-state index is 0.0811. The first kappa shape index (κ1) is 27.2. The van der Waals surface area contributed by atoms with E-state index in [9.17, 15) is 19.2 Å². The number of carbonyl (C=O) groups excluding carboxylic acids is 4. The summed E-state index contributed by atoms with van der Waals surface area (Å²) in [5, 5.41) is 4.96. The van der Waals surface area contributed by atoms with Gasteiger partial charge < -0.3 is 19.5 Å². The second kappa shape index (κ2) is 12.1. The van der Waals surface area contributed by atoms with Crippen molar-refractivity contribution in [1.82, 2.24) is 5.32 Å². The number of amides is 5. The van der Waals surface area contributed by atoms with Gasteiger partial charge in [-0.2, -0.15) is 0 Å². The van der Waals surface area contributed by atoms with E-state index < -0.39 is 23.8 Å². The number of para-hydroxylation sites is 3. The van der Waals surface area contributed by atoms with Crippen molar-refractivity contribution in [3.8, 4) is 17.2 Å². The van der Waals surface area contributed by atoms with Crippen molar-refractivity contribution in [3.05, 3.63) is 82.9 Å². The van der Waals surface area contributed by atoms with E-state index in [4.69, 9.17) is 25.8 Å². The van der Waals surface area contributed by atoms with Crippen LogP contribution in [0.1, 0.15) is 12.5 Å². The molecule has 0 saturated carbocycles. The van der Waals surface area contributed by atoms with Crippen LogP contribution in [0.25, 0.3) is 6.08 Å². The molecule has 0 spiro atoms. The molecule has 0 atom stereocenters. The van der Waals surface area contributed by atoms with Gasteiger partial charge >= 0.3 is 6.03 Å². The zero-order chi connectivity index (χ0) is 27.9. The Bertz CT molecular complexity index is 1460. The van der Waals surface area contributed by atoms with Crippen LogP contribution in [0, 0.1) is 0 Å². The van der Waals surface area contributed by atoms with Crippen molar-refractivity contribution < 1.29 is 33.4 Å². The number of barbiturate groups is 1. The highest BCUT2D eigenvalue weighted by atomic mass is 35.5. The zero-order valence-electron chi connectivity index (χ0n) is 21.0. The number of carbonyl (C=O) groups is 4. The van der Waals surface area contributed by atoms with Gasteiger partial charge in [-0.3, -0.25) is 19.7 Å². The molecule has 3 aromatic rings. The summed E-state index contributed by atoms with van der Waals surface area (Å²) in [7, 11) is 1.49. The van der Waals surface area contributed by atoms with Crippen LogP contribution < -0.4 is 29.7 Å². The third-order valence-corrected chi connectivity index (χ3v) is 5.77. The van der Waals surface area contributed by atoms with Gasteiger partial charge in [0.2, 0.25) is 0 Å². The molecule has 11 heteroatoms. The lowest BCUT2D eigenvalue weighted by Crippen LogP contribution is -2.54. The van der Waals surface area contributed by atoms with Crippen LogP contribution in [-0.2, 0) is 14.4 Å². The Balaban J connectivity index is 1.57. The molecule has 1 saturated heterocycles. The Morgan fingerprint density at radius 3 is 2.44 bits per heavy atom. The van der Waals surface area contributed by atoms with Crippen LogP contribution in [0.15, 0.2) is 72.3 Å². The number of benzene rings is 3. The van der Waals surface area contributed by atoms with Crippen molar-refractivity contribution in [1.29, 1.82) is 0 Å². The molecular formula is C28H24ClN3O7. The highest BCUT2D eigenvalue weighted by Gasteiger charge is 2.36. The lowest BCUT2D eigenvalue weighted by molar-refractivity contribution is -0.122. The Morgan fingerprint density at radius 2 is 1.72 bits per heavy atom. The van der Waals surface area contributed by atoms with Crippen LogP contribution in [0.2, 0.25) is 5.02 Å². The molecule has 0 unspecified atom stereocenters. The number of ether oxygens (including phenoxy) is 3. The summed E-state index contributed by atoms with van der Waals surface area (Å²) in [6.45, 7) is 1.61. The number of hydrogen-bond donors (Lipinski definition) is 2. The molecule has 10 nitrogen and oxygen atoms in total. The predicted molar refractivity (Wildman–Crippen MR) is 145 cm³/mol. The van der Waals surface area contributed by atoms with Gasteiger partial charge in [0.1, 0.15) is 11.3 Å². The summed E-state index contributed by atoms with van der Waals surface area (Å²) in [4.78, 5) is 51.4. The highest BCUT2D eigenvalue weighted by Crippen LogP contribution is 2.38. The lowest BCUT2D eigenvalue weighted by atomic mass is 10.1. The number of rotatable bonds is 9. The van der Waals surface area contributed by atoms with Gasteiger partial charge in [-0.1, -0.05) is 41.9 Å². The normalized spacial score (nSPS) is 14.2. The average Bonchev–Trinajstić information content (AvgIpc) is 2.91. The van der Waals surface area contributed by atoms with E-state index in [-0.39, 0.29) is 35.3 Å². The molecule has 39 heavy (non-hydrogen) atoms. The smallest absolute Gasteiger partial charge is 0.335 e. The fourth-order valence-electron chi connectivity index (χ4n) is 3.78. The van der Waals surface area contributed by atoms with Crippen molar-refractivity contribution >= 4 is 52.8 Å². The van der Waals surface area contributed by atoms with E-state index >= 15 is 0 Å².